The molecule has 2 nitrogen and oxygen atoms in total. The van der Waals surface area contributed by atoms with Gasteiger partial charge in [-0.2, -0.15) is 0 Å². The molecule has 108 valence electrons. The van der Waals surface area contributed by atoms with Crippen molar-refractivity contribution in [2.75, 3.05) is 13.1 Å². The highest BCUT2D eigenvalue weighted by molar-refractivity contribution is 7.09. The van der Waals surface area contributed by atoms with Gasteiger partial charge in [0.25, 0.3) is 0 Å². The smallest absolute Gasteiger partial charge is 0.0363 e. The van der Waals surface area contributed by atoms with E-state index in [2.05, 4.69) is 43.2 Å². The van der Waals surface area contributed by atoms with Crippen LogP contribution in [0.2, 0.25) is 0 Å². The van der Waals surface area contributed by atoms with E-state index in [1.54, 1.807) is 0 Å². The number of hydrogen-bond acceptors (Lipinski definition) is 3. The van der Waals surface area contributed by atoms with Crippen LogP contribution >= 0.6 is 11.3 Å². The SMILES string of the molecule is CCN(Cc1cccs1)C1(CN)CCCC(C)C1C. The van der Waals surface area contributed by atoms with Crippen LogP contribution in [0.15, 0.2) is 17.5 Å². The Bertz CT molecular complexity index is 376. The summed E-state index contributed by atoms with van der Waals surface area (Å²) in [5.41, 5.74) is 6.46. The highest BCUT2D eigenvalue weighted by Gasteiger charge is 2.44. The van der Waals surface area contributed by atoms with Crippen molar-refractivity contribution in [2.45, 2.75) is 52.1 Å². The van der Waals surface area contributed by atoms with Gasteiger partial charge in [-0.25, -0.2) is 0 Å². The van der Waals surface area contributed by atoms with Gasteiger partial charge in [0.2, 0.25) is 0 Å². The monoisotopic (exact) mass is 280 g/mol. The zero-order valence-corrected chi connectivity index (χ0v) is 13.4. The molecule has 1 aliphatic rings. The lowest BCUT2D eigenvalue weighted by molar-refractivity contribution is -0.0127. The van der Waals surface area contributed by atoms with Crippen molar-refractivity contribution in [3.05, 3.63) is 22.4 Å². The minimum absolute atomic E-state index is 0.205. The van der Waals surface area contributed by atoms with E-state index < -0.39 is 0 Å². The number of rotatable bonds is 5. The summed E-state index contributed by atoms with van der Waals surface area (Å²) in [7, 11) is 0. The minimum atomic E-state index is 0.205. The summed E-state index contributed by atoms with van der Waals surface area (Å²) in [4.78, 5) is 4.10. The van der Waals surface area contributed by atoms with Gasteiger partial charge in [-0.3, -0.25) is 4.90 Å². The first-order valence-corrected chi connectivity index (χ1v) is 8.49. The first-order chi connectivity index (χ1) is 9.14. The zero-order chi connectivity index (χ0) is 13.9. The summed E-state index contributed by atoms with van der Waals surface area (Å²) >= 11 is 1.86. The van der Waals surface area contributed by atoms with Crippen LogP contribution in [-0.4, -0.2) is 23.5 Å². The van der Waals surface area contributed by atoms with Crippen LogP contribution in [0.5, 0.6) is 0 Å². The number of likely N-dealkylation sites (N-methyl/N-ethyl adjacent to an activating group) is 1. The van der Waals surface area contributed by atoms with Crippen LogP contribution in [0.4, 0.5) is 0 Å². The summed E-state index contributed by atoms with van der Waals surface area (Å²) in [6.07, 6.45) is 3.94. The van der Waals surface area contributed by atoms with Gasteiger partial charge in [-0.15, -0.1) is 11.3 Å². The van der Waals surface area contributed by atoms with E-state index in [1.807, 2.05) is 11.3 Å². The van der Waals surface area contributed by atoms with E-state index in [0.717, 1.165) is 25.6 Å². The topological polar surface area (TPSA) is 29.3 Å². The van der Waals surface area contributed by atoms with E-state index in [-0.39, 0.29) is 5.54 Å². The standard InChI is InChI=1S/C16H28N2S/c1-4-18(11-15-8-6-10-19-15)16(12-17)9-5-7-13(2)14(16)3/h6,8,10,13-14H,4-5,7,9,11-12,17H2,1-3H3. The molecule has 0 aliphatic heterocycles. The fraction of sp³-hybridized carbons (Fsp3) is 0.750. The van der Waals surface area contributed by atoms with Crippen molar-refractivity contribution in [2.24, 2.45) is 17.6 Å². The molecule has 1 fully saturated rings. The van der Waals surface area contributed by atoms with Crippen molar-refractivity contribution < 1.29 is 0 Å². The predicted molar refractivity (Wildman–Crippen MR) is 84.4 cm³/mol. The molecular weight excluding hydrogens is 252 g/mol. The third-order valence-corrected chi connectivity index (χ3v) is 6.12. The molecule has 3 atom stereocenters. The maximum Gasteiger partial charge on any atom is 0.0363 e. The molecule has 3 heteroatoms. The van der Waals surface area contributed by atoms with Gasteiger partial charge in [0.1, 0.15) is 0 Å². The van der Waals surface area contributed by atoms with Gasteiger partial charge < -0.3 is 5.73 Å². The lowest BCUT2D eigenvalue weighted by Crippen LogP contribution is -2.60. The largest absolute Gasteiger partial charge is 0.329 e. The Kier molecular flexibility index (Phi) is 5.04. The Balaban J connectivity index is 2.21. The van der Waals surface area contributed by atoms with Gasteiger partial charge >= 0.3 is 0 Å². The van der Waals surface area contributed by atoms with Gasteiger partial charge in [-0.1, -0.05) is 39.7 Å². The minimum Gasteiger partial charge on any atom is -0.329 e. The fourth-order valence-electron chi connectivity index (χ4n) is 3.78. The Morgan fingerprint density at radius 1 is 1.47 bits per heavy atom. The molecule has 3 unspecified atom stereocenters. The second kappa shape index (κ2) is 6.38. The second-order valence-electron chi connectivity index (χ2n) is 6.06. The molecule has 0 saturated heterocycles. The molecule has 0 radical (unpaired) electrons. The van der Waals surface area contributed by atoms with Crippen LogP contribution in [0, 0.1) is 11.8 Å². The van der Waals surface area contributed by atoms with E-state index in [0.29, 0.717) is 5.92 Å². The van der Waals surface area contributed by atoms with Gasteiger partial charge in [-0.05, 0) is 36.2 Å². The second-order valence-corrected chi connectivity index (χ2v) is 7.09. The summed E-state index contributed by atoms with van der Waals surface area (Å²) in [5.74, 6) is 1.47. The summed E-state index contributed by atoms with van der Waals surface area (Å²) in [6.45, 7) is 10.0. The molecule has 1 aromatic heterocycles. The van der Waals surface area contributed by atoms with Crippen LogP contribution in [0.3, 0.4) is 0 Å². The maximum absolute atomic E-state index is 6.26. The molecule has 1 aliphatic carbocycles. The van der Waals surface area contributed by atoms with Crippen molar-refractivity contribution >= 4 is 11.3 Å². The van der Waals surface area contributed by atoms with Crippen LogP contribution in [0.1, 0.15) is 44.9 Å². The van der Waals surface area contributed by atoms with E-state index >= 15 is 0 Å². The zero-order valence-electron chi connectivity index (χ0n) is 12.6. The average Bonchev–Trinajstić information content (AvgIpc) is 2.93. The van der Waals surface area contributed by atoms with E-state index in [4.69, 9.17) is 5.73 Å². The summed E-state index contributed by atoms with van der Waals surface area (Å²) in [6, 6.07) is 4.39. The third-order valence-electron chi connectivity index (χ3n) is 5.26. The quantitative estimate of drug-likeness (QED) is 0.890. The summed E-state index contributed by atoms with van der Waals surface area (Å²) < 4.78 is 0. The molecule has 2 N–H and O–H groups in total. The Morgan fingerprint density at radius 3 is 2.84 bits per heavy atom. The predicted octanol–water partition coefficient (Wildman–Crippen LogP) is 3.72. The number of nitrogens with zero attached hydrogens (tertiary/aromatic N) is 1. The Hall–Kier alpha value is -0.380. The third kappa shape index (κ3) is 2.88. The number of thiophene rings is 1. The lowest BCUT2D eigenvalue weighted by Gasteiger charge is -2.52. The normalized spacial score (nSPS) is 31.8. The molecule has 0 bridgehead atoms. The molecule has 0 spiro atoms. The first-order valence-electron chi connectivity index (χ1n) is 7.61. The van der Waals surface area contributed by atoms with Gasteiger partial charge in [0.05, 0.1) is 0 Å². The molecule has 1 saturated carbocycles. The van der Waals surface area contributed by atoms with Crippen molar-refractivity contribution in [1.29, 1.82) is 0 Å². The average molecular weight is 280 g/mol. The van der Waals surface area contributed by atoms with Crippen LogP contribution in [0.25, 0.3) is 0 Å². The molecule has 19 heavy (non-hydrogen) atoms. The molecule has 1 heterocycles. The highest BCUT2D eigenvalue weighted by Crippen LogP contribution is 2.41. The summed E-state index contributed by atoms with van der Waals surface area (Å²) in [5, 5.41) is 2.17. The van der Waals surface area contributed by atoms with Gasteiger partial charge in [0.15, 0.2) is 0 Å². The van der Waals surface area contributed by atoms with Crippen molar-refractivity contribution in [3.63, 3.8) is 0 Å². The number of nitrogens with two attached hydrogens (primary N) is 1. The molecule has 1 aromatic rings. The highest BCUT2D eigenvalue weighted by atomic mass is 32.1. The molecular formula is C16H28N2S. The van der Waals surface area contributed by atoms with E-state index in [9.17, 15) is 0 Å². The van der Waals surface area contributed by atoms with E-state index in [1.165, 1.54) is 24.1 Å². The fourth-order valence-corrected chi connectivity index (χ4v) is 4.49. The number of hydrogen-bond donors (Lipinski definition) is 1. The first kappa shape index (κ1) is 15.0. The molecule has 2 rings (SSSR count). The maximum atomic E-state index is 6.26. The van der Waals surface area contributed by atoms with Crippen LogP contribution < -0.4 is 5.73 Å². The van der Waals surface area contributed by atoms with Gasteiger partial charge in [0, 0.05) is 23.5 Å². The Labute approximate surface area is 122 Å². The molecule has 0 aromatic carbocycles. The Morgan fingerprint density at radius 2 is 2.26 bits per heavy atom. The lowest BCUT2D eigenvalue weighted by atomic mass is 9.67. The van der Waals surface area contributed by atoms with Crippen molar-refractivity contribution in [1.82, 2.24) is 4.90 Å². The van der Waals surface area contributed by atoms with Crippen molar-refractivity contribution in [3.8, 4) is 0 Å². The van der Waals surface area contributed by atoms with Crippen LogP contribution in [-0.2, 0) is 6.54 Å². The molecule has 0 amide bonds.